The van der Waals surface area contributed by atoms with Crippen molar-refractivity contribution in [1.82, 2.24) is 14.5 Å². The molecule has 3 aromatic carbocycles. The van der Waals surface area contributed by atoms with Crippen molar-refractivity contribution < 1.29 is 14.3 Å². The molecule has 6 rings (SSSR count). The molecule has 8 nitrogen and oxygen atoms in total. The van der Waals surface area contributed by atoms with E-state index in [4.69, 9.17) is 21.1 Å². The van der Waals surface area contributed by atoms with Gasteiger partial charge < -0.3 is 19.3 Å². The Morgan fingerprint density at radius 2 is 1.63 bits per heavy atom. The molecular weight excluding hydrogens is 584 g/mol. The van der Waals surface area contributed by atoms with Crippen molar-refractivity contribution in [3.63, 3.8) is 0 Å². The summed E-state index contributed by atoms with van der Waals surface area (Å²) in [6.07, 6.45) is 1.51. The Labute approximate surface area is 259 Å². The smallest absolute Gasteiger partial charge is 0.275 e. The van der Waals surface area contributed by atoms with Crippen LogP contribution in [0.1, 0.15) is 13.8 Å². The summed E-state index contributed by atoms with van der Waals surface area (Å²) in [4.78, 5) is 35.8. The van der Waals surface area contributed by atoms with Crippen molar-refractivity contribution >= 4 is 44.7 Å². The molecule has 0 radical (unpaired) electrons. The van der Waals surface area contributed by atoms with E-state index in [1.165, 1.54) is 29.3 Å². The Morgan fingerprint density at radius 1 is 0.907 bits per heavy atom. The van der Waals surface area contributed by atoms with Gasteiger partial charge in [0.15, 0.2) is 18.1 Å². The number of ether oxygens (including phenoxy) is 2. The Balaban J connectivity index is 0.00000180. The maximum absolute atomic E-state index is 13.4. The van der Waals surface area contributed by atoms with Gasteiger partial charge in [0, 0.05) is 47.8 Å². The average molecular weight is 617 g/mol. The predicted octanol–water partition coefficient (Wildman–Crippen LogP) is 6.53. The van der Waals surface area contributed by atoms with Crippen LogP contribution < -0.4 is 19.9 Å². The van der Waals surface area contributed by atoms with Gasteiger partial charge in [-0.1, -0.05) is 55.8 Å². The lowest BCUT2D eigenvalue weighted by atomic mass is 10.2. The molecule has 3 heterocycles. The second-order valence-electron chi connectivity index (χ2n) is 9.58. The number of aromatic nitrogens is 2. The first-order valence-electron chi connectivity index (χ1n) is 14.2. The van der Waals surface area contributed by atoms with Gasteiger partial charge in [-0.15, -0.1) is 11.3 Å². The molecule has 1 aliphatic heterocycles. The quantitative estimate of drug-likeness (QED) is 0.207. The van der Waals surface area contributed by atoms with Gasteiger partial charge in [-0.3, -0.25) is 14.2 Å². The molecule has 43 heavy (non-hydrogen) atoms. The fraction of sp³-hybridized carbons (Fsp3) is 0.242. The minimum absolute atomic E-state index is 0.0797. The first-order valence-corrected chi connectivity index (χ1v) is 15.4. The number of fused-ring (bicyclic) bond motifs is 1. The summed E-state index contributed by atoms with van der Waals surface area (Å²) in [7, 11) is 1.53. The summed E-state index contributed by atoms with van der Waals surface area (Å²) in [6.45, 7) is 6.71. The van der Waals surface area contributed by atoms with Crippen molar-refractivity contribution in [3.05, 3.63) is 101 Å². The molecule has 0 unspecified atom stereocenters. The molecule has 5 aromatic rings. The van der Waals surface area contributed by atoms with Crippen molar-refractivity contribution in [2.45, 2.75) is 13.8 Å². The molecule has 222 valence electrons. The van der Waals surface area contributed by atoms with Crippen molar-refractivity contribution in [1.29, 1.82) is 0 Å². The number of carbonyl (C=O) groups is 1. The molecule has 1 amide bonds. The molecule has 0 spiro atoms. The number of hydrogen-bond donors (Lipinski definition) is 0. The molecule has 2 aromatic heterocycles. The lowest BCUT2D eigenvalue weighted by molar-refractivity contribution is -0.133. The van der Waals surface area contributed by atoms with E-state index in [0.717, 1.165) is 29.2 Å². The normalized spacial score (nSPS) is 12.9. The molecule has 0 bridgehead atoms. The third kappa shape index (κ3) is 6.68. The number of para-hydroxylation sites is 1. The largest absolute Gasteiger partial charge is 0.493 e. The molecule has 1 aliphatic rings. The molecular formula is C33H33ClN4O4S. The fourth-order valence-corrected chi connectivity index (χ4v) is 6.03. The van der Waals surface area contributed by atoms with E-state index in [2.05, 4.69) is 22.0 Å². The molecule has 1 fully saturated rings. The summed E-state index contributed by atoms with van der Waals surface area (Å²) in [5, 5.41) is 0.655. The molecule has 0 aliphatic carbocycles. The third-order valence-corrected chi connectivity index (χ3v) is 8.51. The highest BCUT2D eigenvalue weighted by Gasteiger charge is 2.22. The highest BCUT2D eigenvalue weighted by atomic mass is 35.5. The zero-order valence-corrected chi connectivity index (χ0v) is 25.9. The van der Waals surface area contributed by atoms with Gasteiger partial charge in [0.2, 0.25) is 0 Å². The van der Waals surface area contributed by atoms with Gasteiger partial charge in [0.05, 0.1) is 18.3 Å². The fourth-order valence-electron chi connectivity index (χ4n) is 4.86. The highest BCUT2D eigenvalue weighted by Crippen LogP contribution is 2.33. The van der Waals surface area contributed by atoms with Crippen LogP contribution in [-0.2, 0) is 4.79 Å². The van der Waals surface area contributed by atoms with E-state index in [1.807, 2.05) is 67.3 Å². The predicted molar refractivity (Wildman–Crippen MR) is 174 cm³/mol. The van der Waals surface area contributed by atoms with Crippen LogP contribution in [-0.4, -0.2) is 60.3 Å². The highest BCUT2D eigenvalue weighted by molar-refractivity contribution is 7.22. The van der Waals surface area contributed by atoms with Crippen molar-refractivity contribution in [2.24, 2.45) is 0 Å². The molecule has 0 N–H and O–H groups in total. The van der Waals surface area contributed by atoms with E-state index in [9.17, 15) is 9.59 Å². The second kappa shape index (κ2) is 13.8. The van der Waals surface area contributed by atoms with Gasteiger partial charge in [0.25, 0.3) is 11.5 Å². The standard InChI is InChI=1S/C31H27ClN4O4S.C2H6/c1-39-27-17-24(36-20-33-25-18-28(41-30(25)31(36)38)21-7-9-22(32)10-8-21)11-12-26(27)40-19-29(37)35-15-13-34(14-16-35)23-5-3-2-4-6-23;1-2/h2-12,17-18,20H,13-16,19H2,1H3;1-2H3. The lowest BCUT2D eigenvalue weighted by Gasteiger charge is -2.36. The summed E-state index contributed by atoms with van der Waals surface area (Å²) in [6, 6.07) is 24.8. The number of rotatable bonds is 7. The maximum Gasteiger partial charge on any atom is 0.275 e. The van der Waals surface area contributed by atoms with Crippen LogP contribution in [0.15, 0.2) is 90.0 Å². The van der Waals surface area contributed by atoms with E-state index < -0.39 is 0 Å². The SMILES string of the molecule is CC.COc1cc(-n2cnc3cc(-c4ccc(Cl)cc4)sc3c2=O)ccc1OCC(=O)N1CCN(c2ccccc2)CC1. The first-order chi connectivity index (χ1) is 21.0. The van der Waals surface area contributed by atoms with Gasteiger partial charge in [-0.05, 0) is 48.0 Å². The third-order valence-electron chi connectivity index (χ3n) is 7.10. The summed E-state index contributed by atoms with van der Waals surface area (Å²) in [5.41, 5.74) is 3.17. The van der Waals surface area contributed by atoms with Crippen molar-refractivity contribution in [2.75, 3.05) is 44.8 Å². The summed E-state index contributed by atoms with van der Waals surface area (Å²) >= 11 is 7.41. The van der Waals surface area contributed by atoms with Crippen LogP contribution in [0.5, 0.6) is 11.5 Å². The number of halogens is 1. The van der Waals surface area contributed by atoms with Gasteiger partial charge in [-0.2, -0.15) is 0 Å². The number of amides is 1. The Morgan fingerprint density at radius 3 is 2.33 bits per heavy atom. The van der Waals surface area contributed by atoms with Gasteiger partial charge in [0.1, 0.15) is 11.0 Å². The number of methoxy groups -OCH3 is 1. The van der Waals surface area contributed by atoms with Crippen LogP contribution >= 0.6 is 22.9 Å². The topological polar surface area (TPSA) is 76.9 Å². The summed E-state index contributed by atoms with van der Waals surface area (Å²) < 4.78 is 13.4. The lowest BCUT2D eigenvalue weighted by Crippen LogP contribution is -2.50. The average Bonchev–Trinajstić information content (AvgIpc) is 3.51. The van der Waals surface area contributed by atoms with Crippen LogP contribution in [0.25, 0.3) is 26.3 Å². The second-order valence-corrected chi connectivity index (χ2v) is 11.1. The van der Waals surface area contributed by atoms with E-state index in [1.54, 1.807) is 18.2 Å². The Hall–Kier alpha value is -4.34. The zero-order valence-electron chi connectivity index (χ0n) is 24.3. The van der Waals surface area contributed by atoms with Crippen LogP contribution in [0.3, 0.4) is 0 Å². The molecule has 1 saturated heterocycles. The molecule has 0 saturated carbocycles. The number of carbonyl (C=O) groups excluding carboxylic acids is 1. The maximum atomic E-state index is 13.4. The zero-order chi connectivity index (χ0) is 30.3. The molecule has 10 heteroatoms. The summed E-state index contributed by atoms with van der Waals surface area (Å²) in [5.74, 6) is 0.767. The van der Waals surface area contributed by atoms with Crippen LogP contribution in [0.4, 0.5) is 5.69 Å². The number of nitrogens with zero attached hydrogens (tertiary/aromatic N) is 4. The van der Waals surface area contributed by atoms with Crippen LogP contribution in [0, 0.1) is 0 Å². The van der Waals surface area contributed by atoms with E-state index >= 15 is 0 Å². The number of hydrogen-bond acceptors (Lipinski definition) is 7. The minimum Gasteiger partial charge on any atom is -0.493 e. The van der Waals surface area contributed by atoms with Crippen LogP contribution in [0.2, 0.25) is 5.02 Å². The number of piperazine rings is 1. The number of thiophene rings is 1. The molecule has 0 atom stereocenters. The number of anilines is 1. The monoisotopic (exact) mass is 616 g/mol. The van der Waals surface area contributed by atoms with E-state index in [-0.39, 0.29) is 18.1 Å². The first kappa shape index (κ1) is 30.1. The van der Waals surface area contributed by atoms with Gasteiger partial charge in [-0.25, -0.2) is 4.98 Å². The van der Waals surface area contributed by atoms with E-state index in [0.29, 0.717) is 45.5 Å². The Bertz CT molecular complexity index is 1750. The van der Waals surface area contributed by atoms with Gasteiger partial charge >= 0.3 is 0 Å². The Kier molecular flexibility index (Phi) is 9.64. The van der Waals surface area contributed by atoms with Crippen molar-refractivity contribution in [3.8, 4) is 27.6 Å². The minimum atomic E-state index is -0.180. The number of benzene rings is 3.